The molecule has 0 spiro atoms. The molecule has 5 heteroatoms. The molecule has 20 heavy (non-hydrogen) atoms. The Morgan fingerprint density at radius 3 is 2.70 bits per heavy atom. The smallest absolute Gasteiger partial charge is 0.318 e. The average molecular weight is 273 g/mol. The second-order valence-electron chi connectivity index (χ2n) is 5.18. The van der Waals surface area contributed by atoms with Crippen LogP contribution in [0.5, 0.6) is 0 Å². The summed E-state index contributed by atoms with van der Waals surface area (Å²) in [6, 6.07) is 9.20. The topological polar surface area (TPSA) is 63.7 Å². The molecule has 104 valence electrons. The number of fused-ring (bicyclic) bond motifs is 1. The Morgan fingerprint density at radius 1 is 1.25 bits per heavy atom. The maximum Gasteiger partial charge on any atom is 0.318 e. The zero-order valence-electron chi connectivity index (χ0n) is 11.0. The van der Waals surface area contributed by atoms with Gasteiger partial charge in [0.15, 0.2) is 0 Å². The maximum absolute atomic E-state index is 12.1. The predicted octanol–water partition coefficient (Wildman–Crippen LogP) is 1.27. The van der Waals surface area contributed by atoms with E-state index in [0.717, 1.165) is 5.56 Å². The molecule has 1 aromatic rings. The van der Waals surface area contributed by atoms with Gasteiger partial charge in [-0.05, 0) is 18.4 Å². The lowest BCUT2D eigenvalue weighted by Gasteiger charge is -2.12. The average Bonchev–Trinajstić information content (AvgIpc) is 2.99. The molecule has 0 saturated carbocycles. The molecule has 0 radical (unpaired) electrons. The first-order valence-corrected chi connectivity index (χ1v) is 6.73. The molecule has 2 atom stereocenters. The Morgan fingerprint density at radius 2 is 2.00 bits per heavy atom. The molecule has 0 aromatic heterocycles. The highest BCUT2D eigenvalue weighted by atomic mass is 16.5. The summed E-state index contributed by atoms with van der Waals surface area (Å²) < 4.78 is 5.19. The maximum atomic E-state index is 12.1. The van der Waals surface area contributed by atoms with Gasteiger partial charge in [0, 0.05) is 12.5 Å². The lowest BCUT2D eigenvalue weighted by atomic mass is 10.0. The van der Waals surface area contributed by atoms with E-state index in [2.05, 4.69) is 0 Å². The first-order chi connectivity index (χ1) is 9.66. The third kappa shape index (κ3) is 2.19. The highest BCUT2D eigenvalue weighted by Crippen LogP contribution is 2.34. The number of hydrogen-bond acceptors (Lipinski definition) is 4. The lowest BCUT2D eigenvalue weighted by Crippen LogP contribution is -2.34. The number of rotatable bonds is 3. The summed E-state index contributed by atoms with van der Waals surface area (Å²) in [4.78, 5) is 36.9. The van der Waals surface area contributed by atoms with Crippen molar-refractivity contribution in [3.8, 4) is 0 Å². The van der Waals surface area contributed by atoms with Crippen LogP contribution in [-0.4, -0.2) is 28.7 Å². The quantitative estimate of drug-likeness (QED) is 0.472. The molecule has 0 bridgehead atoms. The van der Waals surface area contributed by atoms with Crippen LogP contribution in [0.2, 0.25) is 0 Å². The van der Waals surface area contributed by atoms with Gasteiger partial charge in [-0.3, -0.25) is 19.3 Å². The molecule has 2 amide bonds. The molecule has 5 nitrogen and oxygen atoms in total. The van der Waals surface area contributed by atoms with E-state index >= 15 is 0 Å². The number of esters is 1. The number of carbonyl (C=O) groups is 3. The second kappa shape index (κ2) is 5.07. The minimum Gasteiger partial charge on any atom is -0.460 e. The van der Waals surface area contributed by atoms with Crippen molar-refractivity contribution in [1.29, 1.82) is 0 Å². The zero-order chi connectivity index (χ0) is 14.1. The molecule has 2 unspecified atom stereocenters. The number of nitrogens with zero attached hydrogens (tertiary/aromatic N) is 1. The molecule has 2 aliphatic heterocycles. The van der Waals surface area contributed by atoms with Gasteiger partial charge in [0.05, 0.1) is 0 Å². The summed E-state index contributed by atoms with van der Waals surface area (Å²) >= 11 is 0. The highest BCUT2D eigenvalue weighted by Gasteiger charge is 2.49. The fourth-order valence-corrected chi connectivity index (χ4v) is 2.84. The first kappa shape index (κ1) is 12.8. The van der Waals surface area contributed by atoms with Crippen LogP contribution < -0.4 is 0 Å². The Kier molecular flexibility index (Phi) is 3.26. The number of hydrogen-bond donors (Lipinski definition) is 0. The van der Waals surface area contributed by atoms with E-state index in [1.165, 1.54) is 4.90 Å². The molecular formula is C15H15NO4. The number of ether oxygens (including phenoxy) is 1. The van der Waals surface area contributed by atoms with Crippen molar-refractivity contribution in [3.05, 3.63) is 35.9 Å². The van der Waals surface area contributed by atoms with Crippen LogP contribution in [0.25, 0.3) is 0 Å². The molecule has 2 fully saturated rings. The summed E-state index contributed by atoms with van der Waals surface area (Å²) in [5.41, 5.74) is 0.878. The molecule has 2 aliphatic rings. The molecule has 0 aliphatic carbocycles. The summed E-state index contributed by atoms with van der Waals surface area (Å²) in [6.07, 6.45) is 1.47. The third-order valence-corrected chi connectivity index (χ3v) is 3.88. The van der Waals surface area contributed by atoms with E-state index in [9.17, 15) is 14.4 Å². The molecule has 0 N–H and O–H groups in total. The second-order valence-corrected chi connectivity index (χ2v) is 5.18. The fraction of sp³-hybridized carbons (Fsp3) is 0.400. The van der Waals surface area contributed by atoms with E-state index in [0.29, 0.717) is 19.3 Å². The number of imide groups is 1. The van der Waals surface area contributed by atoms with Crippen LogP contribution in [-0.2, 0) is 25.7 Å². The third-order valence-electron chi connectivity index (χ3n) is 3.88. The first-order valence-electron chi connectivity index (χ1n) is 6.73. The van der Waals surface area contributed by atoms with Crippen LogP contribution in [0, 0.1) is 5.92 Å². The van der Waals surface area contributed by atoms with Crippen LogP contribution in [0.15, 0.2) is 30.3 Å². The van der Waals surface area contributed by atoms with Crippen molar-refractivity contribution in [2.75, 3.05) is 0 Å². The van der Waals surface area contributed by atoms with Crippen molar-refractivity contribution >= 4 is 17.8 Å². The van der Waals surface area contributed by atoms with E-state index in [-0.39, 0.29) is 18.6 Å². The van der Waals surface area contributed by atoms with Gasteiger partial charge < -0.3 is 4.74 Å². The zero-order valence-corrected chi connectivity index (χ0v) is 11.0. The molecule has 2 heterocycles. The summed E-state index contributed by atoms with van der Waals surface area (Å²) in [5, 5.41) is 0. The van der Waals surface area contributed by atoms with Crippen LogP contribution in [0.4, 0.5) is 0 Å². The van der Waals surface area contributed by atoms with Gasteiger partial charge >= 0.3 is 5.97 Å². The fourth-order valence-electron chi connectivity index (χ4n) is 2.84. The molecule has 1 aromatic carbocycles. The Bertz CT molecular complexity index is 554. The molecule has 2 saturated heterocycles. The Balaban J connectivity index is 1.61. The minimum absolute atomic E-state index is 0.107. The Hall–Kier alpha value is -2.17. The van der Waals surface area contributed by atoms with E-state index in [1.807, 2.05) is 30.3 Å². The van der Waals surface area contributed by atoms with E-state index in [4.69, 9.17) is 4.74 Å². The highest BCUT2D eigenvalue weighted by molar-refractivity contribution is 6.08. The summed E-state index contributed by atoms with van der Waals surface area (Å²) in [7, 11) is 0. The van der Waals surface area contributed by atoms with Gasteiger partial charge in [-0.15, -0.1) is 0 Å². The largest absolute Gasteiger partial charge is 0.460 e. The SMILES string of the molecule is O=C(OCc1ccccc1)C1CC2CCC(=O)N2C1=O. The van der Waals surface area contributed by atoms with E-state index in [1.54, 1.807) is 0 Å². The van der Waals surface area contributed by atoms with E-state index < -0.39 is 17.8 Å². The number of benzene rings is 1. The van der Waals surface area contributed by atoms with Gasteiger partial charge in [-0.25, -0.2) is 0 Å². The van der Waals surface area contributed by atoms with Crippen molar-refractivity contribution in [2.24, 2.45) is 5.92 Å². The van der Waals surface area contributed by atoms with Crippen molar-refractivity contribution in [3.63, 3.8) is 0 Å². The van der Waals surface area contributed by atoms with Gasteiger partial charge in [-0.1, -0.05) is 30.3 Å². The van der Waals surface area contributed by atoms with Crippen LogP contribution >= 0.6 is 0 Å². The standard InChI is InChI=1S/C15H15NO4/c17-13-7-6-11-8-12(14(18)16(11)13)15(19)20-9-10-4-2-1-3-5-10/h1-5,11-12H,6-9H2. The van der Waals surface area contributed by atoms with Crippen LogP contribution in [0.1, 0.15) is 24.8 Å². The minimum atomic E-state index is -0.812. The Labute approximate surface area is 116 Å². The molecular weight excluding hydrogens is 258 g/mol. The number of amides is 2. The lowest BCUT2D eigenvalue weighted by molar-refractivity contribution is -0.154. The predicted molar refractivity (Wildman–Crippen MR) is 69.2 cm³/mol. The monoisotopic (exact) mass is 273 g/mol. The van der Waals surface area contributed by atoms with Crippen molar-refractivity contribution < 1.29 is 19.1 Å². The summed E-state index contributed by atoms with van der Waals surface area (Å²) in [5.74, 6) is -1.90. The van der Waals surface area contributed by atoms with Crippen molar-refractivity contribution in [1.82, 2.24) is 4.90 Å². The molecule has 3 rings (SSSR count). The normalized spacial score (nSPS) is 24.9. The summed E-state index contributed by atoms with van der Waals surface area (Å²) in [6.45, 7) is 0.155. The van der Waals surface area contributed by atoms with Gasteiger partial charge in [0.2, 0.25) is 11.8 Å². The number of carbonyl (C=O) groups excluding carboxylic acids is 3. The van der Waals surface area contributed by atoms with Gasteiger partial charge in [0.1, 0.15) is 12.5 Å². The van der Waals surface area contributed by atoms with Crippen molar-refractivity contribution in [2.45, 2.75) is 31.9 Å². The van der Waals surface area contributed by atoms with Gasteiger partial charge in [0.25, 0.3) is 0 Å². The van der Waals surface area contributed by atoms with Gasteiger partial charge in [-0.2, -0.15) is 0 Å². The van der Waals surface area contributed by atoms with Crippen LogP contribution in [0.3, 0.4) is 0 Å².